The molecule has 0 saturated carbocycles. The van der Waals surface area contributed by atoms with Crippen molar-refractivity contribution in [3.05, 3.63) is 52.2 Å². The molecule has 0 bridgehead atoms. The predicted octanol–water partition coefficient (Wildman–Crippen LogP) is 4.00. The van der Waals surface area contributed by atoms with E-state index in [-0.39, 0.29) is 16.9 Å². The molecule has 4 nitrogen and oxygen atoms in total. The van der Waals surface area contributed by atoms with Gasteiger partial charge in [-0.3, -0.25) is 4.79 Å². The number of carbonyl (C=O) groups excluding carboxylic acids is 1. The van der Waals surface area contributed by atoms with E-state index in [0.717, 1.165) is 16.8 Å². The SMILES string of the molecule is Cc1cccc(C(C)C)c1NC(=O)c1cc(N)nc(Cl)c1. The molecule has 0 atom stereocenters. The van der Waals surface area contributed by atoms with Crippen LogP contribution in [0.25, 0.3) is 0 Å². The van der Waals surface area contributed by atoms with Crippen LogP contribution in [-0.4, -0.2) is 10.9 Å². The number of nitrogen functional groups attached to an aromatic ring is 1. The van der Waals surface area contributed by atoms with Gasteiger partial charge in [0.25, 0.3) is 5.91 Å². The maximum Gasteiger partial charge on any atom is 0.255 e. The molecule has 0 aliphatic heterocycles. The lowest BCUT2D eigenvalue weighted by Gasteiger charge is -2.16. The van der Waals surface area contributed by atoms with Crippen molar-refractivity contribution in [2.75, 3.05) is 11.1 Å². The first kappa shape index (κ1) is 15.3. The highest BCUT2D eigenvalue weighted by molar-refractivity contribution is 6.30. The van der Waals surface area contributed by atoms with Crippen LogP contribution >= 0.6 is 11.6 Å². The predicted molar refractivity (Wildman–Crippen MR) is 86.9 cm³/mol. The first-order valence-corrected chi connectivity index (χ1v) is 7.10. The molecule has 2 aromatic rings. The highest BCUT2D eigenvalue weighted by Gasteiger charge is 2.14. The summed E-state index contributed by atoms with van der Waals surface area (Å²) in [5, 5.41) is 3.15. The molecular formula is C16H18ClN3O. The number of rotatable bonds is 3. The van der Waals surface area contributed by atoms with Crippen molar-refractivity contribution < 1.29 is 4.79 Å². The zero-order chi connectivity index (χ0) is 15.6. The summed E-state index contributed by atoms with van der Waals surface area (Å²) in [6, 6.07) is 8.98. The Morgan fingerprint density at radius 1 is 1.33 bits per heavy atom. The summed E-state index contributed by atoms with van der Waals surface area (Å²) in [5.41, 5.74) is 8.96. The first-order chi connectivity index (χ1) is 9.88. The normalized spacial score (nSPS) is 10.7. The molecule has 0 saturated heterocycles. The molecule has 1 heterocycles. The number of anilines is 2. The zero-order valence-corrected chi connectivity index (χ0v) is 13.0. The summed E-state index contributed by atoms with van der Waals surface area (Å²) in [6.07, 6.45) is 0. The lowest BCUT2D eigenvalue weighted by Crippen LogP contribution is -2.15. The van der Waals surface area contributed by atoms with Gasteiger partial charge in [0, 0.05) is 11.3 Å². The van der Waals surface area contributed by atoms with Gasteiger partial charge in [-0.05, 0) is 36.1 Å². The Morgan fingerprint density at radius 2 is 2.05 bits per heavy atom. The monoisotopic (exact) mass is 303 g/mol. The van der Waals surface area contributed by atoms with Gasteiger partial charge < -0.3 is 11.1 Å². The standard InChI is InChI=1S/C16H18ClN3O/c1-9(2)12-6-4-5-10(3)15(12)20-16(21)11-7-13(17)19-14(18)8-11/h4-9H,1-3H3,(H2,18,19)(H,20,21). The molecule has 2 rings (SSSR count). The van der Waals surface area contributed by atoms with Crippen molar-refractivity contribution >= 4 is 29.0 Å². The van der Waals surface area contributed by atoms with Crippen molar-refractivity contribution in [1.82, 2.24) is 4.98 Å². The minimum Gasteiger partial charge on any atom is -0.384 e. The fraction of sp³-hybridized carbons (Fsp3) is 0.250. The number of amides is 1. The molecule has 0 spiro atoms. The van der Waals surface area contributed by atoms with Crippen LogP contribution in [0.2, 0.25) is 5.15 Å². The molecule has 1 aromatic heterocycles. The van der Waals surface area contributed by atoms with E-state index in [1.807, 2.05) is 25.1 Å². The van der Waals surface area contributed by atoms with Gasteiger partial charge in [-0.2, -0.15) is 0 Å². The summed E-state index contributed by atoms with van der Waals surface area (Å²) in [7, 11) is 0. The Balaban J connectivity index is 2.36. The molecule has 110 valence electrons. The maximum atomic E-state index is 12.4. The summed E-state index contributed by atoms with van der Waals surface area (Å²) in [5.74, 6) is 0.287. The number of aryl methyl sites for hydroxylation is 1. The smallest absolute Gasteiger partial charge is 0.255 e. The second kappa shape index (κ2) is 6.14. The number of pyridine rings is 1. The van der Waals surface area contributed by atoms with E-state index in [0.29, 0.717) is 11.5 Å². The number of nitrogens with one attached hydrogen (secondary N) is 1. The second-order valence-corrected chi connectivity index (χ2v) is 5.64. The second-order valence-electron chi connectivity index (χ2n) is 5.25. The molecule has 1 aromatic carbocycles. The minimum atomic E-state index is -0.248. The quantitative estimate of drug-likeness (QED) is 0.842. The molecule has 1 amide bonds. The molecule has 0 aliphatic carbocycles. The summed E-state index contributed by atoms with van der Waals surface area (Å²) in [4.78, 5) is 16.2. The summed E-state index contributed by atoms with van der Waals surface area (Å²) in [6.45, 7) is 6.15. The third kappa shape index (κ3) is 3.52. The average molecular weight is 304 g/mol. The number of para-hydroxylation sites is 1. The van der Waals surface area contributed by atoms with Gasteiger partial charge in [-0.1, -0.05) is 43.6 Å². The van der Waals surface area contributed by atoms with E-state index in [1.165, 1.54) is 12.1 Å². The van der Waals surface area contributed by atoms with Crippen LogP contribution in [0.5, 0.6) is 0 Å². The van der Waals surface area contributed by atoms with Crippen LogP contribution in [0.1, 0.15) is 41.3 Å². The van der Waals surface area contributed by atoms with Gasteiger partial charge in [-0.25, -0.2) is 4.98 Å². The average Bonchev–Trinajstić information content (AvgIpc) is 2.39. The number of nitrogens with two attached hydrogens (primary N) is 1. The van der Waals surface area contributed by atoms with E-state index >= 15 is 0 Å². The number of hydrogen-bond acceptors (Lipinski definition) is 3. The largest absolute Gasteiger partial charge is 0.384 e. The van der Waals surface area contributed by atoms with Crippen molar-refractivity contribution in [2.24, 2.45) is 0 Å². The topological polar surface area (TPSA) is 68.0 Å². The van der Waals surface area contributed by atoms with Gasteiger partial charge in [0.15, 0.2) is 0 Å². The fourth-order valence-electron chi connectivity index (χ4n) is 2.18. The number of halogens is 1. The third-order valence-electron chi connectivity index (χ3n) is 3.24. The Kier molecular flexibility index (Phi) is 4.48. The van der Waals surface area contributed by atoms with Crippen molar-refractivity contribution in [1.29, 1.82) is 0 Å². The van der Waals surface area contributed by atoms with E-state index in [9.17, 15) is 4.79 Å². The van der Waals surface area contributed by atoms with Crippen LogP contribution in [0, 0.1) is 6.92 Å². The van der Waals surface area contributed by atoms with Crippen LogP contribution < -0.4 is 11.1 Å². The highest BCUT2D eigenvalue weighted by Crippen LogP contribution is 2.28. The first-order valence-electron chi connectivity index (χ1n) is 6.72. The van der Waals surface area contributed by atoms with Gasteiger partial charge >= 0.3 is 0 Å². The minimum absolute atomic E-state index is 0.203. The lowest BCUT2D eigenvalue weighted by molar-refractivity contribution is 0.102. The fourth-order valence-corrected chi connectivity index (χ4v) is 2.39. The number of aromatic nitrogens is 1. The summed E-state index contributed by atoms with van der Waals surface area (Å²) >= 11 is 5.84. The lowest BCUT2D eigenvalue weighted by atomic mass is 9.98. The molecule has 21 heavy (non-hydrogen) atoms. The van der Waals surface area contributed by atoms with Crippen LogP contribution in [0.15, 0.2) is 30.3 Å². The molecule has 0 unspecified atom stereocenters. The Morgan fingerprint density at radius 3 is 2.67 bits per heavy atom. The van der Waals surface area contributed by atoms with Crippen LogP contribution in [0.3, 0.4) is 0 Å². The highest BCUT2D eigenvalue weighted by atomic mass is 35.5. The van der Waals surface area contributed by atoms with Gasteiger partial charge in [0.05, 0.1) is 0 Å². The van der Waals surface area contributed by atoms with Gasteiger partial charge in [0.1, 0.15) is 11.0 Å². The van der Waals surface area contributed by atoms with Crippen LogP contribution in [0.4, 0.5) is 11.5 Å². The van der Waals surface area contributed by atoms with E-state index in [4.69, 9.17) is 17.3 Å². The molecule has 3 N–H and O–H groups in total. The molecular weight excluding hydrogens is 286 g/mol. The van der Waals surface area contributed by atoms with Crippen molar-refractivity contribution in [3.8, 4) is 0 Å². The molecule has 5 heteroatoms. The Bertz CT molecular complexity index is 663. The van der Waals surface area contributed by atoms with Gasteiger partial charge in [0.2, 0.25) is 0 Å². The molecule has 0 radical (unpaired) electrons. The van der Waals surface area contributed by atoms with E-state index in [1.54, 1.807) is 0 Å². The maximum absolute atomic E-state index is 12.4. The van der Waals surface area contributed by atoms with Gasteiger partial charge in [-0.15, -0.1) is 0 Å². The number of benzene rings is 1. The Hall–Kier alpha value is -2.07. The molecule has 0 aliphatic rings. The van der Waals surface area contributed by atoms with E-state index < -0.39 is 0 Å². The van der Waals surface area contributed by atoms with E-state index in [2.05, 4.69) is 24.1 Å². The number of nitrogens with zero attached hydrogens (tertiary/aromatic N) is 1. The Labute approximate surface area is 129 Å². The summed E-state index contributed by atoms with van der Waals surface area (Å²) < 4.78 is 0. The number of hydrogen-bond donors (Lipinski definition) is 2. The third-order valence-corrected chi connectivity index (χ3v) is 3.44. The number of carbonyl (C=O) groups is 1. The zero-order valence-electron chi connectivity index (χ0n) is 12.3. The van der Waals surface area contributed by atoms with Crippen LogP contribution in [-0.2, 0) is 0 Å². The van der Waals surface area contributed by atoms with Crippen molar-refractivity contribution in [2.45, 2.75) is 26.7 Å². The molecule has 0 fully saturated rings. The van der Waals surface area contributed by atoms with Crippen molar-refractivity contribution in [3.63, 3.8) is 0 Å².